The van der Waals surface area contributed by atoms with Crippen molar-refractivity contribution in [3.05, 3.63) is 6.42 Å². The lowest BCUT2D eigenvalue weighted by Gasteiger charge is -2.23. The summed E-state index contributed by atoms with van der Waals surface area (Å²) >= 11 is 0. The highest BCUT2D eigenvalue weighted by Crippen LogP contribution is 2.27. The van der Waals surface area contributed by atoms with E-state index in [0.29, 0.717) is 5.41 Å². The van der Waals surface area contributed by atoms with Crippen LogP contribution in [0, 0.1) is 17.8 Å². The van der Waals surface area contributed by atoms with Crippen LogP contribution in [-0.4, -0.2) is 0 Å². The maximum absolute atomic E-state index is 2.52. The fourth-order valence-corrected chi connectivity index (χ4v) is 2.60. The van der Waals surface area contributed by atoms with Crippen LogP contribution in [0.5, 0.6) is 0 Å². The van der Waals surface area contributed by atoms with Gasteiger partial charge in [0.15, 0.2) is 0 Å². The molecule has 0 heterocycles. The van der Waals surface area contributed by atoms with Crippen molar-refractivity contribution in [3.63, 3.8) is 0 Å². The van der Waals surface area contributed by atoms with Crippen LogP contribution < -0.4 is 0 Å². The molecule has 0 bridgehead atoms. The van der Waals surface area contributed by atoms with E-state index in [0.717, 1.165) is 5.92 Å². The van der Waals surface area contributed by atoms with E-state index < -0.39 is 0 Å². The van der Waals surface area contributed by atoms with Gasteiger partial charge in [0.1, 0.15) is 0 Å². The predicted molar refractivity (Wildman–Crippen MR) is 80.1 cm³/mol. The van der Waals surface area contributed by atoms with Crippen LogP contribution in [0.3, 0.4) is 0 Å². The Labute approximate surface area is 111 Å². The standard InChI is InChI=1S/C17H35/c1-6-7-8-9-10-11-12-13-14-16(2)15-17(3,4)5/h13,16H,6-12,14-15H2,1-5H3. The summed E-state index contributed by atoms with van der Waals surface area (Å²) in [5, 5.41) is 0. The van der Waals surface area contributed by atoms with Gasteiger partial charge in [0.25, 0.3) is 0 Å². The van der Waals surface area contributed by atoms with Crippen LogP contribution in [-0.2, 0) is 0 Å². The highest BCUT2D eigenvalue weighted by Gasteiger charge is 2.14. The predicted octanol–water partition coefficient (Wildman–Crippen LogP) is 6.40. The lowest BCUT2D eigenvalue weighted by molar-refractivity contribution is 0.303. The maximum atomic E-state index is 2.52. The molecule has 0 rings (SSSR count). The van der Waals surface area contributed by atoms with Crippen molar-refractivity contribution >= 4 is 0 Å². The molecule has 0 N–H and O–H groups in total. The molecule has 0 heteroatoms. The lowest BCUT2D eigenvalue weighted by Crippen LogP contribution is -2.11. The molecule has 1 unspecified atom stereocenters. The molecule has 0 aliphatic heterocycles. The van der Waals surface area contributed by atoms with Crippen molar-refractivity contribution < 1.29 is 0 Å². The third-order valence-corrected chi connectivity index (χ3v) is 3.29. The Bertz CT molecular complexity index is 152. The van der Waals surface area contributed by atoms with Crippen LogP contribution in [0.2, 0.25) is 0 Å². The molecular weight excluding hydrogens is 204 g/mol. The van der Waals surface area contributed by atoms with Crippen molar-refractivity contribution in [1.29, 1.82) is 0 Å². The quantitative estimate of drug-likeness (QED) is 0.387. The fraction of sp³-hybridized carbons (Fsp3) is 0.941. The van der Waals surface area contributed by atoms with Crippen LogP contribution >= 0.6 is 0 Å². The summed E-state index contributed by atoms with van der Waals surface area (Å²) in [4.78, 5) is 0. The summed E-state index contributed by atoms with van der Waals surface area (Å²) in [7, 11) is 0. The number of unbranched alkanes of at least 4 members (excludes halogenated alkanes) is 7. The molecule has 17 heavy (non-hydrogen) atoms. The van der Waals surface area contributed by atoms with E-state index >= 15 is 0 Å². The molecule has 1 atom stereocenters. The molecule has 0 spiro atoms. The third kappa shape index (κ3) is 13.9. The van der Waals surface area contributed by atoms with Gasteiger partial charge in [-0.1, -0.05) is 79.6 Å². The van der Waals surface area contributed by atoms with Gasteiger partial charge in [-0.15, -0.1) is 0 Å². The van der Waals surface area contributed by atoms with Crippen LogP contribution in [0.4, 0.5) is 0 Å². The molecule has 0 aromatic carbocycles. The third-order valence-electron chi connectivity index (χ3n) is 3.29. The Morgan fingerprint density at radius 3 is 2.12 bits per heavy atom. The first-order valence-corrected chi connectivity index (χ1v) is 7.77. The smallest absolute Gasteiger partial charge is 0.0380 e. The van der Waals surface area contributed by atoms with E-state index in [1.807, 2.05) is 0 Å². The fourth-order valence-electron chi connectivity index (χ4n) is 2.60. The van der Waals surface area contributed by atoms with Crippen LogP contribution in [0.25, 0.3) is 0 Å². The first-order chi connectivity index (χ1) is 7.95. The molecule has 0 nitrogen and oxygen atoms in total. The second-order valence-corrected chi connectivity index (χ2v) is 6.95. The zero-order chi connectivity index (χ0) is 13.1. The monoisotopic (exact) mass is 239 g/mol. The molecule has 0 aliphatic carbocycles. The average Bonchev–Trinajstić information content (AvgIpc) is 2.19. The van der Waals surface area contributed by atoms with Crippen molar-refractivity contribution in [2.45, 2.75) is 92.4 Å². The van der Waals surface area contributed by atoms with E-state index in [9.17, 15) is 0 Å². The van der Waals surface area contributed by atoms with Crippen molar-refractivity contribution in [2.24, 2.45) is 11.3 Å². The summed E-state index contributed by atoms with van der Waals surface area (Å²) in [5.41, 5.74) is 0.493. The normalized spacial score (nSPS) is 13.9. The topological polar surface area (TPSA) is 0 Å². The van der Waals surface area contributed by atoms with Gasteiger partial charge in [-0.3, -0.25) is 0 Å². The van der Waals surface area contributed by atoms with E-state index in [1.165, 1.54) is 57.8 Å². The van der Waals surface area contributed by atoms with Crippen molar-refractivity contribution in [1.82, 2.24) is 0 Å². The first kappa shape index (κ1) is 17.0. The van der Waals surface area contributed by atoms with Gasteiger partial charge in [-0.05, 0) is 30.6 Å². The van der Waals surface area contributed by atoms with Gasteiger partial charge in [0.05, 0.1) is 0 Å². The van der Waals surface area contributed by atoms with Crippen LogP contribution in [0.15, 0.2) is 0 Å². The molecule has 0 aromatic rings. The average molecular weight is 239 g/mol. The molecule has 0 amide bonds. The number of hydrogen-bond donors (Lipinski definition) is 0. The van der Waals surface area contributed by atoms with Gasteiger partial charge in [-0.25, -0.2) is 0 Å². The summed E-state index contributed by atoms with van der Waals surface area (Å²) in [6, 6.07) is 0. The molecule has 0 aliphatic rings. The first-order valence-electron chi connectivity index (χ1n) is 7.77. The van der Waals surface area contributed by atoms with Gasteiger partial charge >= 0.3 is 0 Å². The van der Waals surface area contributed by atoms with Gasteiger partial charge in [0.2, 0.25) is 0 Å². The second-order valence-electron chi connectivity index (χ2n) is 6.95. The minimum atomic E-state index is 0.493. The molecule has 0 aromatic heterocycles. The Hall–Kier alpha value is 0. The zero-order valence-corrected chi connectivity index (χ0v) is 13.0. The highest BCUT2D eigenvalue weighted by molar-refractivity contribution is 4.73. The van der Waals surface area contributed by atoms with E-state index in [1.54, 1.807) is 0 Å². The van der Waals surface area contributed by atoms with E-state index in [2.05, 4.69) is 41.0 Å². The molecule has 0 saturated heterocycles. The largest absolute Gasteiger partial charge is 0.0654 e. The lowest BCUT2D eigenvalue weighted by atomic mass is 9.83. The Balaban J connectivity index is 3.22. The van der Waals surface area contributed by atoms with E-state index in [4.69, 9.17) is 0 Å². The van der Waals surface area contributed by atoms with Gasteiger partial charge in [0, 0.05) is 0 Å². The SMILES string of the molecule is CCCCCCCC[CH]CC(C)CC(C)(C)C. The van der Waals surface area contributed by atoms with Gasteiger partial charge < -0.3 is 0 Å². The summed E-state index contributed by atoms with van der Waals surface area (Å²) in [6.07, 6.45) is 15.0. The summed E-state index contributed by atoms with van der Waals surface area (Å²) < 4.78 is 0. The minimum absolute atomic E-state index is 0.493. The molecule has 0 fully saturated rings. The van der Waals surface area contributed by atoms with Gasteiger partial charge in [-0.2, -0.15) is 0 Å². The summed E-state index contributed by atoms with van der Waals surface area (Å²) in [6.45, 7) is 11.7. The Morgan fingerprint density at radius 1 is 0.941 bits per heavy atom. The molecule has 0 saturated carbocycles. The minimum Gasteiger partial charge on any atom is -0.0654 e. The molecule has 1 radical (unpaired) electrons. The molecule has 103 valence electrons. The summed E-state index contributed by atoms with van der Waals surface area (Å²) in [5.74, 6) is 0.857. The van der Waals surface area contributed by atoms with Crippen molar-refractivity contribution in [3.8, 4) is 0 Å². The molecular formula is C17H35. The Kier molecular flexibility index (Phi) is 9.97. The number of rotatable bonds is 10. The number of hydrogen-bond acceptors (Lipinski definition) is 0. The van der Waals surface area contributed by atoms with Crippen molar-refractivity contribution in [2.75, 3.05) is 0 Å². The second kappa shape index (κ2) is 9.97. The zero-order valence-electron chi connectivity index (χ0n) is 13.0. The van der Waals surface area contributed by atoms with Crippen LogP contribution in [0.1, 0.15) is 92.4 Å². The maximum Gasteiger partial charge on any atom is -0.0380 e. The Morgan fingerprint density at radius 2 is 1.53 bits per heavy atom. The van der Waals surface area contributed by atoms with E-state index in [-0.39, 0.29) is 0 Å². The highest BCUT2D eigenvalue weighted by atomic mass is 14.2.